The molecule has 4 heteroatoms. The van der Waals surface area contributed by atoms with E-state index in [1.807, 2.05) is 11.0 Å². The van der Waals surface area contributed by atoms with E-state index in [4.69, 9.17) is 0 Å². The van der Waals surface area contributed by atoms with Crippen molar-refractivity contribution >= 4 is 33.2 Å². The minimum atomic E-state index is 0.313. The number of thiophene rings is 1. The van der Waals surface area contributed by atoms with Crippen LogP contribution in [-0.4, -0.2) is 17.4 Å². The van der Waals surface area contributed by atoms with Crippen LogP contribution in [0.4, 0.5) is 0 Å². The van der Waals surface area contributed by atoms with E-state index in [-0.39, 0.29) is 0 Å². The molecule has 1 aliphatic heterocycles. The van der Waals surface area contributed by atoms with Gasteiger partial charge in [-0.1, -0.05) is 6.42 Å². The molecule has 0 aliphatic carbocycles. The molecule has 0 radical (unpaired) electrons. The minimum Gasteiger partial charge on any atom is -0.338 e. The molecule has 2 nitrogen and oxygen atoms in total. The first-order chi connectivity index (χ1) is 7.27. The Morgan fingerprint density at radius 2 is 2.27 bits per heavy atom. The lowest BCUT2D eigenvalue weighted by Crippen LogP contribution is -2.29. The van der Waals surface area contributed by atoms with Gasteiger partial charge < -0.3 is 4.90 Å². The Kier molecular flexibility index (Phi) is 3.81. The van der Waals surface area contributed by atoms with Gasteiger partial charge in [-0.25, -0.2) is 0 Å². The molecule has 0 aromatic carbocycles. The fourth-order valence-corrected chi connectivity index (χ4v) is 3.31. The maximum Gasteiger partial charge on any atom is 0.222 e. The van der Waals surface area contributed by atoms with E-state index in [0.29, 0.717) is 5.91 Å². The topological polar surface area (TPSA) is 20.3 Å². The van der Waals surface area contributed by atoms with Gasteiger partial charge in [0.15, 0.2) is 0 Å². The molecule has 1 saturated heterocycles. The molecule has 82 valence electrons. The van der Waals surface area contributed by atoms with Gasteiger partial charge in [0.1, 0.15) is 0 Å². The highest BCUT2D eigenvalue weighted by Gasteiger charge is 2.17. The van der Waals surface area contributed by atoms with Crippen LogP contribution >= 0.6 is 27.3 Å². The molecule has 2 heterocycles. The molecule has 1 aromatic heterocycles. The highest BCUT2D eigenvalue weighted by molar-refractivity contribution is 9.10. The second-order valence-electron chi connectivity index (χ2n) is 3.82. The lowest BCUT2D eigenvalue weighted by atomic mass is 10.2. The average molecular weight is 288 g/mol. The van der Waals surface area contributed by atoms with Gasteiger partial charge in [0.25, 0.3) is 0 Å². The monoisotopic (exact) mass is 287 g/mol. The van der Waals surface area contributed by atoms with Crippen LogP contribution < -0.4 is 0 Å². The van der Waals surface area contributed by atoms with Gasteiger partial charge in [-0.2, -0.15) is 0 Å². The van der Waals surface area contributed by atoms with Crippen LogP contribution in [0.15, 0.2) is 15.9 Å². The summed E-state index contributed by atoms with van der Waals surface area (Å²) >= 11 is 5.22. The number of carbonyl (C=O) groups is 1. The molecule has 0 saturated carbocycles. The van der Waals surface area contributed by atoms with Crippen molar-refractivity contribution in [3.63, 3.8) is 0 Å². The first-order valence-electron chi connectivity index (χ1n) is 5.27. The average Bonchev–Trinajstić information content (AvgIpc) is 2.50. The van der Waals surface area contributed by atoms with Gasteiger partial charge in [0, 0.05) is 22.3 Å². The fourth-order valence-electron chi connectivity index (χ4n) is 1.82. The Morgan fingerprint density at radius 3 is 3.00 bits per heavy atom. The number of hydrogen-bond donors (Lipinski definition) is 0. The summed E-state index contributed by atoms with van der Waals surface area (Å²) in [4.78, 5) is 15.0. The molecule has 1 aromatic rings. The van der Waals surface area contributed by atoms with Crippen LogP contribution in [0, 0.1) is 0 Å². The zero-order valence-electron chi connectivity index (χ0n) is 8.54. The first kappa shape index (κ1) is 11.1. The van der Waals surface area contributed by atoms with Crippen molar-refractivity contribution < 1.29 is 4.79 Å². The number of rotatable bonds is 2. The predicted molar refractivity (Wildman–Crippen MR) is 65.9 cm³/mol. The summed E-state index contributed by atoms with van der Waals surface area (Å²) in [6.07, 6.45) is 4.12. The second kappa shape index (κ2) is 5.12. The Bertz CT molecular complexity index is 350. The molecular formula is C11H14BrNOS. The van der Waals surface area contributed by atoms with Crippen LogP contribution in [0.3, 0.4) is 0 Å². The highest BCUT2D eigenvalue weighted by Crippen LogP contribution is 2.25. The summed E-state index contributed by atoms with van der Waals surface area (Å²) in [6.45, 7) is 1.69. The maximum absolute atomic E-state index is 11.8. The van der Waals surface area contributed by atoms with Gasteiger partial charge in [-0.15, -0.1) is 11.3 Å². The molecule has 0 bridgehead atoms. The Balaban J connectivity index is 2.03. The summed E-state index contributed by atoms with van der Waals surface area (Å²) in [7, 11) is 0. The molecule has 0 unspecified atom stereocenters. The van der Waals surface area contributed by atoms with E-state index in [2.05, 4.69) is 21.3 Å². The molecule has 1 fully saturated rings. The van der Waals surface area contributed by atoms with E-state index >= 15 is 0 Å². The van der Waals surface area contributed by atoms with Crippen molar-refractivity contribution in [1.29, 1.82) is 0 Å². The summed E-state index contributed by atoms with van der Waals surface area (Å²) in [5.74, 6) is 0.313. The van der Waals surface area contributed by atoms with Gasteiger partial charge >= 0.3 is 0 Å². The number of amides is 1. The van der Waals surface area contributed by atoms with Crippen molar-refractivity contribution in [1.82, 2.24) is 4.90 Å². The van der Waals surface area contributed by atoms with Gasteiger partial charge in [-0.05, 0) is 40.2 Å². The second-order valence-corrected chi connectivity index (χ2v) is 5.67. The Labute approximate surface area is 102 Å². The van der Waals surface area contributed by atoms with Crippen molar-refractivity contribution in [2.45, 2.75) is 32.2 Å². The lowest BCUT2D eigenvalue weighted by molar-refractivity contribution is -0.131. The number of hydrogen-bond acceptors (Lipinski definition) is 2. The van der Waals surface area contributed by atoms with E-state index in [0.717, 1.165) is 36.8 Å². The lowest BCUT2D eigenvalue weighted by Gasteiger charge is -2.19. The van der Waals surface area contributed by atoms with Gasteiger partial charge in [-0.3, -0.25) is 4.79 Å². The molecule has 0 atom stereocenters. The summed E-state index contributed by atoms with van der Waals surface area (Å²) in [6, 6.07) is 2.04. The zero-order valence-corrected chi connectivity index (χ0v) is 10.9. The smallest absolute Gasteiger partial charge is 0.222 e. The molecule has 1 aliphatic rings. The highest BCUT2D eigenvalue weighted by atomic mass is 79.9. The van der Waals surface area contributed by atoms with Gasteiger partial charge in [0.05, 0.1) is 6.54 Å². The predicted octanol–water partition coefficient (Wildman–Crippen LogP) is 3.41. The van der Waals surface area contributed by atoms with Crippen LogP contribution in [0.1, 0.15) is 30.6 Å². The Hall–Kier alpha value is -0.350. The Morgan fingerprint density at radius 1 is 1.40 bits per heavy atom. The summed E-state index contributed by atoms with van der Waals surface area (Å²) in [5, 5.41) is 2.06. The standard InChI is InChI=1S/C11H14BrNOS/c12-9-5-7-15-10(9)8-13-6-3-1-2-4-11(13)14/h5,7H,1-4,6,8H2. The maximum atomic E-state index is 11.8. The van der Waals surface area contributed by atoms with Crippen molar-refractivity contribution in [2.24, 2.45) is 0 Å². The largest absolute Gasteiger partial charge is 0.338 e. The molecular weight excluding hydrogens is 274 g/mol. The third-order valence-corrected chi connectivity index (χ3v) is 4.61. The molecule has 0 spiro atoms. The van der Waals surface area contributed by atoms with Crippen molar-refractivity contribution in [3.05, 3.63) is 20.8 Å². The van der Waals surface area contributed by atoms with Crippen molar-refractivity contribution in [2.75, 3.05) is 6.54 Å². The quantitative estimate of drug-likeness (QED) is 0.816. The molecule has 2 rings (SSSR count). The number of carbonyl (C=O) groups excluding carboxylic acids is 1. The normalized spacial score (nSPS) is 17.9. The summed E-state index contributed by atoms with van der Waals surface area (Å²) in [5.41, 5.74) is 0. The van der Waals surface area contributed by atoms with E-state index < -0.39 is 0 Å². The minimum absolute atomic E-state index is 0.313. The first-order valence-corrected chi connectivity index (χ1v) is 6.94. The van der Waals surface area contributed by atoms with Crippen LogP contribution in [-0.2, 0) is 11.3 Å². The fraction of sp³-hybridized carbons (Fsp3) is 0.545. The number of nitrogens with zero attached hydrogens (tertiary/aromatic N) is 1. The van der Waals surface area contributed by atoms with Crippen LogP contribution in [0.2, 0.25) is 0 Å². The molecule has 0 N–H and O–H groups in total. The molecule has 1 amide bonds. The molecule has 15 heavy (non-hydrogen) atoms. The number of likely N-dealkylation sites (tertiary alicyclic amines) is 1. The van der Waals surface area contributed by atoms with Crippen LogP contribution in [0.5, 0.6) is 0 Å². The van der Waals surface area contributed by atoms with E-state index in [1.165, 1.54) is 11.3 Å². The van der Waals surface area contributed by atoms with Gasteiger partial charge in [0.2, 0.25) is 5.91 Å². The third kappa shape index (κ3) is 2.82. The van der Waals surface area contributed by atoms with E-state index in [1.54, 1.807) is 11.3 Å². The zero-order chi connectivity index (χ0) is 10.7. The van der Waals surface area contributed by atoms with E-state index in [9.17, 15) is 4.79 Å². The number of halogens is 1. The summed E-state index contributed by atoms with van der Waals surface area (Å²) < 4.78 is 1.13. The SMILES string of the molecule is O=C1CCCCCN1Cc1sccc1Br. The third-order valence-electron chi connectivity index (χ3n) is 2.70. The van der Waals surface area contributed by atoms with Crippen molar-refractivity contribution in [3.8, 4) is 0 Å². The van der Waals surface area contributed by atoms with Crippen LogP contribution in [0.25, 0.3) is 0 Å².